The van der Waals surface area contributed by atoms with Crippen molar-refractivity contribution in [2.75, 3.05) is 12.4 Å². The van der Waals surface area contributed by atoms with Gasteiger partial charge in [-0.1, -0.05) is 30.7 Å². The molecule has 1 atom stereocenters. The lowest BCUT2D eigenvalue weighted by Crippen LogP contribution is -2.32. The highest BCUT2D eigenvalue weighted by Crippen LogP contribution is 2.28. The summed E-state index contributed by atoms with van der Waals surface area (Å²) in [4.78, 5) is 12.6. The number of halogens is 1. The van der Waals surface area contributed by atoms with Crippen LogP contribution in [0.15, 0.2) is 36.4 Å². The lowest BCUT2D eigenvalue weighted by Gasteiger charge is -2.20. The van der Waals surface area contributed by atoms with E-state index >= 15 is 0 Å². The van der Waals surface area contributed by atoms with E-state index in [2.05, 4.69) is 5.32 Å². The fraction of sp³-hybridized carbons (Fsp3) is 0.316. The van der Waals surface area contributed by atoms with Crippen molar-refractivity contribution in [3.8, 4) is 11.5 Å². The summed E-state index contributed by atoms with van der Waals surface area (Å²) in [5.41, 5.74) is 2.68. The molecule has 2 aromatic rings. The third kappa shape index (κ3) is 4.20. The molecule has 0 aliphatic rings. The summed E-state index contributed by atoms with van der Waals surface area (Å²) in [5.74, 6) is 1.03. The van der Waals surface area contributed by atoms with Crippen LogP contribution in [-0.4, -0.2) is 19.1 Å². The molecule has 1 N–H and O–H groups in total. The molecule has 0 aliphatic heterocycles. The Balaban J connectivity index is 2.17. The van der Waals surface area contributed by atoms with Crippen molar-refractivity contribution < 1.29 is 14.3 Å². The molecular weight excluding hydrogens is 326 g/mol. The molecule has 24 heavy (non-hydrogen) atoms. The predicted octanol–water partition coefficient (Wildman–Crippen LogP) is 4.76. The maximum Gasteiger partial charge on any atom is 0.265 e. The topological polar surface area (TPSA) is 47.6 Å². The quantitative estimate of drug-likeness (QED) is 0.819. The van der Waals surface area contributed by atoms with Gasteiger partial charge in [0, 0.05) is 5.02 Å². The highest BCUT2D eigenvalue weighted by atomic mass is 35.5. The molecule has 0 heterocycles. The van der Waals surface area contributed by atoms with Crippen LogP contribution in [0, 0.1) is 13.8 Å². The van der Waals surface area contributed by atoms with E-state index in [0.29, 0.717) is 22.9 Å². The number of nitrogens with one attached hydrogen (secondary N) is 1. The number of carbonyl (C=O) groups excluding carboxylic acids is 1. The van der Waals surface area contributed by atoms with E-state index < -0.39 is 6.10 Å². The molecule has 128 valence electrons. The molecule has 2 aromatic carbocycles. The first-order valence-corrected chi connectivity index (χ1v) is 8.21. The number of aryl methyl sites for hydroxylation is 1. The first-order chi connectivity index (χ1) is 11.5. The summed E-state index contributed by atoms with van der Waals surface area (Å²) in [7, 11) is 1.54. The normalized spacial score (nSPS) is 11.7. The molecular formula is C19H22ClNO3. The first-order valence-electron chi connectivity index (χ1n) is 7.83. The summed E-state index contributed by atoms with van der Waals surface area (Å²) in [6, 6.07) is 10.9. The minimum Gasteiger partial charge on any atom is -0.495 e. The van der Waals surface area contributed by atoms with Crippen LogP contribution >= 0.6 is 11.6 Å². The van der Waals surface area contributed by atoms with E-state index in [0.717, 1.165) is 16.9 Å². The van der Waals surface area contributed by atoms with Crippen molar-refractivity contribution in [2.45, 2.75) is 33.3 Å². The second-order valence-corrected chi connectivity index (χ2v) is 5.98. The van der Waals surface area contributed by atoms with Gasteiger partial charge < -0.3 is 14.8 Å². The van der Waals surface area contributed by atoms with Crippen LogP contribution < -0.4 is 14.8 Å². The molecule has 1 amide bonds. The van der Waals surface area contributed by atoms with Crippen molar-refractivity contribution in [3.63, 3.8) is 0 Å². The Morgan fingerprint density at radius 2 is 1.96 bits per heavy atom. The number of amides is 1. The van der Waals surface area contributed by atoms with E-state index in [4.69, 9.17) is 21.1 Å². The van der Waals surface area contributed by atoms with Gasteiger partial charge in [0.2, 0.25) is 0 Å². The number of hydrogen-bond acceptors (Lipinski definition) is 3. The third-order valence-electron chi connectivity index (χ3n) is 3.91. The summed E-state index contributed by atoms with van der Waals surface area (Å²) in [6.07, 6.45) is -0.0589. The summed E-state index contributed by atoms with van der Waals surface area (Å²) < 4.78 is 11.2. The minimum absolute atomic E-state index is 0.237. The Hall–Kier alpha value is -2.20. The van der Waals surface area contributed by atoms with Crippen LogP contribution in [0.1, 0.15) is 24.5 Å². The smallest absolute Gasteiger partial charge is 0.265 e. The second kappa shape index (κ2) is 8.06. The molecule has 0 saturated heterocycles. The molecule has 0 bridgehead atoms. The maximum absolute atomic E-state index is 12.6. The van der Waals surface area contributed by atoms with Crippen molar-refractivity contribution in [2.24, 2.45) is 0 Å². The Labute approximate surface area is 147 Å². The van der Waals surface area contributed by atoms with Crippen LogP contribution in [0.3, 0.4) is 0 Å². The molecule has 0 fully saturated rings. The molecule has 0 radical (unpaired) electrons. The largest absolute Gasteiger partial charge is 0.495 e. The van der Waals surface area contributed by atoms with E-state index in [1.165, 1.54) is 0 Å². The van der Waals surface area contributed by atoms with Crippen molar-refractivity contribution in [3.05, 3.63) is 52.5 Å². The molecule has 4 nitrogen and oxygen atoms in total. The third-order valence-corrected chi connectivity index (χ3v) is 4.14. The lowest BCUT2D eigenvalue weighted by atomic mass is 10.1. The Bertz CT molecular complexity index is 731. The van der Waals surface area contributed by atoms with E-state index in [9.17, 15) is 4.79 Å². The van der Waals surface area contributed by atoms with Gasteiger partial charge in [-0.15, -0.1) is 0 Å². The van der Waals surface area contributed by atoms with Crippen molar-refractivity contribution in [1.82, 2.24) is 0 Å². The zero-order valence-corrected chi connectivity index (χ0v) is 15.1. The van der Waals surface area contributed by atoms with E-state index in [-0.39, 0.29) is 5.91 Å². The van der Waals surface area contributed by atoms with Crippen LogP contribution in [0.2, 0.25) is 5.02 Å². The van der Waals surface area contributed by atoms with Crippen LogP contribution in [-0.2, 0) is 4.79 Å². The number of anilines is 1. The number of rotatable bonds is 6. The van der Waals surface area contributed by atoms with Crippen LogP contribution in [0.25, 0.3) is 0 Å². The molecule has 0 aromatic heterocycles. The number of carbonyl (C=O) groups is 1. The van der Waals surface area contributed by atoms with Crippen molar-refractivity contribution >= 4 is 23.2 Å². The fourth-order valence-electron chi connectivity index (χ4n) is 2.32. The predicted molar refractivity (Wildman–Crippen MR) is 97.3 cm³/mol. The minimum atomic E-state index is -0.603. The van der Waals surface area contributed by atoms with E-state index in [1.54, 1.807) is 25.3 Å². The highest BCUT2D eigenvalue weighted by Gasteiger charge is 2.21. The van der Waals surface area contributed by atoms with Gasteiger partial charge in [-0.3, -0.25) is 4.79 Å². The monoisotopic (exact) mass is 347 g/mol. The Kier molecular flexibility index (Phi) is 6.10. The van der Waals surface area contributed by atoms with Crippen LogP contribution in [0.5, 0.6) is 11.5 Å². The van der Waals surface area contributed by atoms with Gasteiger partial charge in [0.25, 0.3) is 5.91 Å². The molecule has 0 unspecified atom stereocenters. The zero-order chi connectivity index (χ0) is 17.7. The second-order valence-electron chi connectivity index (χ2n) is 5.55. The molecule has 2 rings (SSSR count). The number of ether oxygens (including phenoxy) is 2. The van der Waals surface area contributed by atoms with Gasteiger partial charge >= 0.3 is 0 Å². The SMILES string of the molecule is CC[C@@H](Oc1cccc(C)c1C)C(=O)Nc1cc(Cl)ccc1OC. The summed E-state index contributed by atoms with van der Waals surface area (Å²) >= 11 is 6.00. The van der Waals surface area contributed by atoms with Gasteiger partial charge in [0.05, 0.1) is 12.8 Å². The van der Waals surface area contributed by atoms with Gasteiger partial charge in [0.15, 0.2) is 6.10 Å². The van der Waals surface area contributed by atoms with E-state index in [1.807, 2.05) is 39.0 Å². The van der Waals surface area contributed by atoms with Crippen molar-refractivity contribution in [1.29, 1.82) is 0 Å². The van der Waals surface area contributed by atoms with Gasteiger partial charge in [-0.25, -0.2) is 0 Å². The summed E-state index contributed by atoms with van der Waals surface area (Å²) in [5, 5.41) is 3.36. The first kappa shape index (κ1) is 18.1. The molecule has 0 saturated carbocycles. The molecule has 0 aliphatic carbocycles. The average Bonchev–Trinajstić information content (AvgIpc) is 2.56. The fourth-order valence-corrected chi connectivity index (χ4v) is 2.49. The Morgan fingerprint density at radius 3 is 2.62 bits per heavy atom. The highest BCUT2D eigenvalue weighted by molar-refractivity contribution is 6.31. The molecule has 0 spiro atoms. The number of hydrogen-bond donors (Lipinski definition) is 1. The van der Waals surface area contributed by atoms with Gasteiger partial charge in [-0.05, 0) is 55.7 Å². The zero-order valence-electron chi connectivity index (χ0n) is 14.4. The van der Waals surface area contributed by atoms with Crippen LogP contribution in [0.4, 0.5) is 5.69 Å². The number of benzene rings is 2. The maximum atomic E-state index is 12.6. The number of methoxy groups -OCH3 is 1. The van der Waals surface area contributed by atoms with Gasteiger partial charge in [-0.2, -0.15) is 0 Å². The standard InChI is InChI=1S/C19H22ClNO3/c1-5-16(24-17-8-6-7-12(2)13(17)3)19(22)21-15-11-14(20)9-10-18(15)23-4/h6-11,16H,5H2,1-4H3,(H,21,22)/t16-/m1/s1. The summed E-state index contributed by atoms with van der Waals surface area (Å²) in [6.45, 7) is 5.90. The van der Waals surface area contributed by atoms with Gasteiger partial charge in [0.1, 0.15) is 11.5 Å². The lowest BCUT2D eigenvalue weighted by molar-refractivity contribution is -0.122. The molecule has 5 heteroatoms. The Morgan fingerprint density at radius 1 is 1.21 bits per heavy atom. The average molecular weight is 348 g/mol.